The molecule has 1 N–H and O–H groups in total. The van der Waals surface area contributed by atoms with E-state index in [4.69, 9.17) is 4.42 Å². The minimum Gasteiger partial charge on any atom is -0.461 e. The van der Waals surface area contributed by atoms with Crippen molar-refractivity contribution in [2.75, 3.05) is 20.6 Å². The number of furan rings is 1. The Kier molecular flexibility index (Phi) is 6.24. The number of amides is 1. The first-order chi connectivity index (χ1) is 11.3. The second-order valence-electron chi connectivity index (χ2n) is 6.73. The molecule has 0 saturated carbocycles. The van der Waals surface area contributed by atoms with Crippen molar-refractivity contribution in [3.63, 3.8) is 0 Å². The minimum absolute atomic E-state index is 0.0452. The first-order valence-corrected chi connectivity index (χ1v) is 8.86. The van der Waals surface area contributed by atoms with Crippen molar-refractivity contribution >= 4 is 21.8 Å². The number of aryl methyl sites for hydroxylation is 1. The molecule has 0 bridgehead atoms. The van der Waals surface area contributed by atoms with Crippen LogP contribution < -0.4 is 5.32 Å². The molecule has 1 heterocycles. The molecule has 0 aliphatic carbocycles. The number of halogens is 1. The lowest BCUT2D eigenvalue weighted by Crippen LogP contribution is -2.48. The maximum atomic E-state index is 12.0. The highest BCUT2D eigenvalue weighted by Crippen LogP contribution is 2.29. The molecule has 24 heavy (non-hydrogen) atoms. The van der Waals surface area contributed by atoms with E-state index in [1.807, 2.05) is 50.5 Å². The van der Waals surface area contributed by atoms with E-state index >= 15 is 0 Å². The minimum atomic E-state index is -0.0624. The van der Waals surface area contributed by atoms with Gasteiger partial charge in [0, 0.05) is 35.0 Å². The molecule has 0 atom stereocenters. The average molecular weight is 393 g/mol. The summed E-state index contributed by atoms with van der Waals surface area (Å²) in [6.07, 6.45) is 1.02. The number of likely N-dealkylation sites (N-methyl/N-ethyl adjacent to an activating group) is 1. The largest absolute Gasteiger partial charge is 0.461 e. The fourth-order valence-corrected chi connectivity index (χ4v) is 2.60. The van der Waals surface area contributed by atoms with Crippen molar-refractivity contribution < 1.29 is 9.21 Å². The van der Waals surface area contributed by atoms with Crippen LogP contribution in [0.25, 0.3) is 11.3 Å². The van der Waals surface area contributed by atoms with Gasteiger partial charge in [-0.25, -0.2) is 0 Å². The molecule has 1 amide bonds. The number of benzene rings is 1. The Morgan fingerprint density at radius 3 is 2.58 bits per heavy atom. The van der Waals surface area contributed by atoms with E-state index in [1.165, 1.54) is 0 Å². The number of carbonyl (C=O) groups is 1. The van der Waals surface area contributed by atoms with Crippen LogP contribution in [0.15, 0.2) is 45.3 Å². The Morgan fingerprint density at radius 1 is 1.21 bits per heavy atom. The molecule has 0 aliphatic heterocycles. The summed E-state index contributed by atoms with van der Waals surface area (Å²) in [6.45, 7) is 4.83. The van der Waals surface area contributed by atoms with Gasteiger partial charge in [0.05, 0.1) is 0 Å². The molecule has 2 aromatic rings. The molecule has 0 radical (unpaired) electrons. The van der Waals surface area contributed by atoms with Crippen molar-refractivity contribution in [2.24, 2.45) is 0 Å². The third-order valence-electron chi connectivity index (χ3n) is 4.33. The van der Waals surface area contributed by atoms with Crippen LogP contribution in [0.4, 0.5) is 0 Å². The monoisotopic (exact) mass is 392 g/mol. The van der Waals surface area contributed by atoms with Gasteiger partial charge < -0.3 is 14.6 Å². The van der Waals surface area contributed by atoms with E-state index in [-0.39, 0.29) is 11.4 Å². The summed E-state index contributed by atoms with van der Waals surface area (Å²) in [5, 5.41) is 2.99. The molecule has 1 aromatic carbocycles. The van der Waals surface area contributed by atoms with Crippen LogP contribution in [0.2, 0.25) is 0 Å². The number of nitrogens with zero attached hydrogens (tertiary/aromatic N) is 1. The molecule has 1 aromatic heterocycles. The van der Waals surface area contributed by atoms with Crippen LogP contribution in [0, 0.1) is 0 Å². The van der Waals surface area contributed by atoms with Crippen molar-refractivity contribution in [1.82, 2.24) is 10.2 Å². The number of carbonyl (C=O) groups excluding carboxylic acids is 1. The fraction of sp³-hybridized carbons (Fsp3) is 0.421. The molecule has 0 unspecified atom stereocenters. The molecule has 5 heteroatoms. The predicted octanol–water partition coefficient (Wildman–Crippen LogP) is 4.10. The smallest absolute Gasteiger partial charge is 0.220 e. The van der Waals surface area contributed by atoms with Gasteiger partial charge >= 0.3 is 0 Å². The number of rotatable bonds is 7. The lowest BCUT2D eigenvalue weighted by Gasteiger charge is -2.32. The van der Waals surface area contributed by atoms with Gasteiger partial charge in [0.25, 0.3) is 0 Å². The van der Waals surface area contributed by atoms with E-state index in [1.54, 1.807) is 0 Å². The molecule has 4 nitrogen and oxygen atoms in total. The van der Waals surface area contributed by atoms with E-state index in [0.29, 0.717) is 19.4 Å². The number of hydrogen-bond donors (Lipinski definition) is 1. The maximum Gasteiger partial charge on any atom is 0.220 e. The van der Waals surface area contributed by atoms with Gasteiger partial charge in [-0.05, 0) is 46.1 Å². The summed E-state index contributed by atoms with van der Waals surface area (Å²) in [4.78, 5) is 14.1. The highest BCUT2D eigenvalue weighted by molar-refractivity contribution is 9.10. The van der Waals surface area contributed by atoms with Gasteiger partial charge in [-0.2, -0.15) is 0 Å². The van der Waals surface area contributed by atoms with Gasteiger partial charge in [0.15, 0.2) is 0 Å². The first kappa shape index (κ1) is 18.7. The van der Waals surface area contributed by atoms with Crippen LogP contribution in [-0.2, 0) is 11.2 Å². The van der Waals surface area contributed by atoms with Crippen molar-refractivity contribution in [3.8, 4) is 11.3 Å². The van der Waals surface area contributed by atoms with E-state index in [9.17, 15) is 4.79 Å². The van der Waals surface area contributed by atoms with E-state index in [2.05, 4.69) is 40.0 Å². The zero-order chi connectivity index (χ0) is 17.7. The molecule has 0 saturated heterocycles. The Bertz CT molecular complexity index is 692. The average Bonchev–Trinajstić information content (AvgIpc) is 3.00. The molecule has 0 aliphatic rings. The van der Waals surface area contributed by atoms with Crippen molar-refractivity contribution in [3.05, 3.63) is 46.6 Å². The van der Waals surface area contributed by atoms with E-state index < -0.39 is 0 Å². The van der Waals surface area contributed by atoms with Crippen molar-refractivity contribution in [1.29, 1.82) is 0 Å². The quantitative estimate of drug-likeness (QED) is 0.771. The van der Waals surface area contributed by atoms with Gasteiger partial charge in [0.1, 0.15) is 11.5 Å². The van der Waals surface area contributed by atoms with Crippen LogP contribution in [-0.4, -0.2) is 37.0 Å². The SMILES string of the molecule is CN(C)C(C)(C)CNC(=O)CCc1ccc(-c2ccccc2Br)o1. The van der Waals surface area contributed by atoms with Gasteiger partial charge in [0.2, 0.25) is 5.91 Å². The molecular formula is C19H25BrN2O2. The normalized spacial score (nSPS) is 11.8. The number of hydrogen-bond acceptors (Lipinski definition) is 3. The van der Waals surface area contributed by atoms with Gasteiger partial charge in [-0.1, -0.05) is 34.1 Å². The molecule has 0 fully saturated rings. The van der Waals surface area contributed by atoms with Crippen LogP contribution in [0.5, 0.6) is 0 Å². The third kappa shape index (κ3) is 4.95. The van der Waals surface area contributed by atoms with Gasteiger partial charge in [-0.15, -0.1) is 0 Å². The Labute approximate surface area is 152 Å². The topological polar surface area (TPSA) is 45.5 Å². The fourth-order valence-electron chi connectivity index (χ4n) is 2.12. The van der Waals surface area contributed by atoms with Crippen LogP contribution >= 0.6 is 15.9 Å². The lowest BCUT2D eigenvalue weighted by molar-refractivity contribution is -0.121. The number of nitrogens with one attached hydrogen (secondary N) is 1. The lowest BCUT2D eigenvalue weighted by atomic mass is 10.0. The maximum absolute atomic E-state index is 12.0. The summed E-state index contributed by atoms with van der Waals surface area (Å²) in [5.74, 6) is 1.68. The summed E-state index contributed by atoms with van der Waals surface area (Å²) >= 11 is 3.53. The second-order valence-corrected chi connectivity index (χ2v) is 7.58. The Morgan fingerprint density at radius 2 is 1.92 bits per heavy atom. The van der Waals surface area contributed by atoms with Crippen molar-refractivity contribution in [2.45, 2.75) is 32.2 Å². The van der Waals surface area contributed by atoms with Gasteiger partial charge in [-0.3, -0.25) is 4.79 Å². The second kappa shape index (κ2) is 7.99. The Hall–Kier alpha value is -1.59. The standard InChI is InChI=1S/C19H25BrN2O2/c1-19(2,22(3)4)13-21-18(23)12-10-14-9-11-17(24-14)15-7-5-6-8-16(15)20/h5-9,11H,10,12-13H2,1-4H3,(H,21,23). The molecule has 0 spiro atoms. The summed E-state index contributed by atoms with van der Waals surface area (Å²) < 4.78 is 6.86. The third-order valence-corrected chi connectivity index (χ3v) is 5.02. The zero-order valence-electron chi connectivity index (χ0n) is 14.7. The highest BCUT2D eigenvalue weighted by Gasteiger charge is 2.21. The Balaban J connectivity index is 1.87. The molecule has 130 valence electrons. The highest BCUT2D eigenvalue weighted by atomic mass is 79.9. The first-order valence-electron chi connectivity index (χ1n) is 8.07. The van der Waals surface area contributed by atoms with Crippen LogP contribution in [0.3, 0.4) is 0 Å². The zero-order valence-corrected chi connectivity index (χ0v) is 16.3. The summed E-state index contributed by atoms with van der Waals surface area (Å²) in [5.41, 5.74) is 0.952. The van der Waals surface area contributed by atoms with Crippen LogP contribution in [0.1, 0.15) is 26.0 Å². The summed E-state index contributed by atoms with van der Waals surface area (Å²) in [7, 11) is 4.02. The summed E-state index contributed by atoms with van der Waals surface area (Å²) in [6, 6.07) is 11.8. The van der Waals surface area contributed by atoms with E-state index in [0.717, 1.165) is 21.6 Å². The molecular weight excluding hydrogens is 368 g/mol. The predicted molar refractivity (Wildman–Crippen MR) is 101 cm³/mol. The molecule has 2 rings (SSSR count).